The topological polar surface area (TPSA) is 92.7 Å². The SMILES string of the molecule is COc1ccc(-c2ccc3c(Nc4cn(-c5ccccc5)cn4)nc(N4CCC[C@H]4CO)nn23)cc1. The van der Waals surface area contributed by atoms with Gasteiger partial charge in [0.2, 0.25) is 5.95 Å². The van der Waals surface area contributed by atoms with Crippen LogP contribution >= 0.6 is 0 Å². The number of rotatable bonds is 7. The van der Waals surface area contributed by atoms with Crippen molar-refractivity contribution in [1.82, 2.24) is 24.1 Å². The second-order valence-corrected chi connectivity index (χ2v) is 8.80. The molecule has 2 N–H and O–H groups in total. The van der Waals surface area contributed by atoms with E-state index in [1.165, 1.54) is 0 Å². The van der Waals surface area contributed by atoms with E-state index in [0.717, 1.165) is 47.6 Å². The van der Waals surface area contributed by atoms with Crippen LogP contribution in [0.25, 0.3) is 22.5 Å². The molecule has 5 aromatic rings. The molecule has 1 aliphatic rings. The van der Waals surface area contributed by atoms with Gasteiger partial charge in [0.05, 0.1) is 31.6 Å². The molecular weight excluding hydrogens is 454 g/mol. The average Bonchev–Trinajstić information content (AvgIpc) is 3.69. The summed E-state index contributed by atoms with van der Waals surface area (Å²) in [5.41, 5.74) is 3.81. The number of hydrogen-bond donors (Lipinski definition) is 2. The lowest BCUT2D eigenvalue weighted by molar-refractivity contribution is 0.265. The molecule has 0 spiro atoms. The third-order valence-corrected chi connectivity index (χ3v) is 6.61. The Hall–Kier alpha value is -4.37. The number of aromatic nitrogens is 5. The van der Waals surface area contributed by atoms with Gasteiger partial charge in [0.25, 0.3) is 0 Å². The number of aliphatic hydroxyl groups excluding tert-OH is 1. The highest BCUT2D eigenvalue weighted by Crippen LogP contribution is 2.31. The predicted octanol–water partition coefficient (Wildman–Crippen LogP) is 4.30. The van der Waals surface area contributed by atoms with Crippen LogP contribution in [-0.2, 0) is 0 Å². The van der Waals surface area contributed by atoms with Crippen molar-refractivity contribution in [3.63, 3.8) is 0 Å². The molecule has 0 aliphatic carbocycles. The Morgan fingerprint density at radius 2 is 1.89 bits per heavy atom. The fraction of sp³-hybridized carbons (Fsp3) is 0.222. The number of para-hydroxylation sites is 1. The van der Waals surface area contributed by atoms with E-state index < -0.39 is 0 Å². The molecule has 9 heteroatoms. The number of hydrogen-bond acceptors (Lipinski definition) is 7. The molecule has 1 aliphatic heterocycles. The molecule has 0 saturated carbocycles. The zero-order chi connectivity index (χ0) is 24.5. The number of ether oxygens (including phenoxy) is 1. The van der Waals surface area contributed by atoms with Gasteiger partial charge in [-0.3, -0.25) is 0 Å². The Morgan fingerprint density at radius 3 is 2.67 bits per heavy atom. The Morgan fingerprint density at radius 1 is 1.06 bits per heavy atom. The van der Waals surface area contributed by atoms with Crippen molar-refractivity contribution in [1.29, 1.82) is 0 Å². The number of fused-ring (bicyclic) bond motifs is 1. The van der Waals surface area contributed by atoms with Gasteiger partial charge in [-0.1, -0.05) is 18.2 Å². The molecule has 0 bridgehead atoms. The summed E-state index contributed by atoms with van der Waals surface area (Å²) in [6.45, 7) is 0.876. The van der Waals surface area contributed by atoms with Gasteiger partial charge in [0.15, 0.2) is 5.82 Å². The number of imidazole rings is 1. The molecule has 1 saturated heterocycles. The summed E-state index contributed by atoms with van der Waals surface area (Å²) in [4.78, 5) is 11.5. The molecule has 0 amide bonds. The molecular formula is C27H27N7O2. The van der Waals surface area contributed by atoms with E-state index in [1.54, 1.807) is 13.4 Å². The maximum absolute atomic E-state index is 9.92. The average molecular weight is 482 g/mol. The van der Waals surface area contributed by atoms with E-state index in [1.807, 2.05) is 82.0 Å². The maximum Gasteiger partial charge on any atom is 0.245 e. The first-order valence-electron chi connectivity index (χ1n) is 12.0. The molecule has 9 nitrogen and oxygen atoms in total. The second-order valence-electron chi connectivity index (χ2n) is 8.80. The van der Waals surface area contributed by atoms with Crippen LogP contribution in [0.3, 0.4) is 0 Å². The highest BCUT2D eigenvalue weighted by molar-refractivity contribution is 5.78. The van der Waals surface area contributed by atoms with Gasteiger partial charge in [0, 0.05) is 17.8 Å². The smallest absolute Gasteiger partial charge is 0.245 e. The summed E-state index contributed by atoms with van der Waals surface area (Å²) in [6.07, 6.45) is 5.63. The van der Waals surface area contributed by atoms with Gasteiger partial charge >= 0.3 is 0 Å². The van der Waals surface area contributed by atoms with Gasteiger partial charge in [-0.2, -0.15) is 4.98 Å². The highest BCUT2D eigenvalue weighted by atomic mass is 16.5. The number of methoxy groups -OCH3 is 1. The Kier molecular flexibility index (Phi) is 5.74. The van der Waals surface area contributed by atoms with Gasteiger partial charge in [-0.05, 0) is 61.4 Å². The third kappa shape index (κ3) is 4.03. The molecule has 1 atom stereocenters. The van der Waals surface area contributed by atoms with E-state index in [-0.39, 0.29) is 12.6 Å². The largest absolute Gasteiger partial charge is 0.497 e. The molecule has 0 radical (unpaired) electrons. The van der Waals surface area contributed by atoms with Crippen LogP contribution in [-0.4, -0.2) is 55.6 Å². The van der Waals surface area contributed by atoms with Crippen LogP contribution in [0.2, 0.25) is 0 Å². The van der Waals surface area contributed by atoms with Crippen molar-refractivity contribution >= 4 is 23.1 Å². The lowest BCUT2D eigenvalue weighted by atomic mass is 10.1. The van der Waals surface area contributed by atoms with Gasteiger partial charge in [-0.25, -0.2) is 9.50 Å². The zero-order valence-corrected chi connectivity index (χ0v) is 20.0. The summed E-state index contributed by atoms with van der Waals surface area (Å²) >= 11 is 0. The molecule has 1 fully saturated rings. The second kappa shape index (κ2) is 9.35. The van der Waals surface area contributed by atoms with Gasteiger partial charge < -0.3 is 24.6 Å². The Bertz CT molecular complexity index is 1480. The van der Waals surface area contributed by atoms with Crippen molar-refractivity contribution in [2.75, 3.05) is 30.5 Å². The maximum atomic E-state index is 9.92. The first kappa shape index (κ1) is 22.1. The van der Waals surface area contributed by atoms with Crippen LogP contribution in [0.4, 0.5) is 17.6 Å². The fourth-order valence-corrected chi connectivity index (χ4v) is 4.72. The van der Waals surface area contributed by atoms with Crippen molar-refractivity contribution in [2.45, 2.75) is 18.9 Å². The number of benzene rings is 2. The number of anilines is 3. The van der Waals surface area contributed by atoms with Crippen LogP contribution in [0.15, 0.2) is 79.3 Å². The molecule has 3 aromatic heterocycles. The third-order valence-electron chi connectivity index (χ3n) is 6.61. The highest BCUT2D eigenvalue weighted by Gasteiger charge is 2.27. The quantitative estimate of drug-likeness (QED) is 0.358. The molecule has 182 valence electrons. The standard InChI is InChI=1S/C27H27N7O2/c1-36-22-11-9-19(10-12-22)23-13-14-24-26(29-25-16-32(18-28-25)20-6-3-2-4-7-20)30-27(31-34(23)24)33-15-5-8-21(33)17-35/h2-4,6-7,9-14,16,18,21,35H,5,8,15,17H2,1H3,(H,29,30,31)/t21-/m0/s1. The van der Waals surface area contributed by atoms with Crippen LogP contribution in [0.5, 0.6) is 5.75 Å². The zero-order valence-electron chi connectivity index (χ0n) is 20.0. The van der Waals surface area contributed by atoms with Crippen molar-refractivity contribution in [3.8, 4) is 22.7 Å². The molecule has 36 heavy (non-hydrogen) atoms. The normalized spacial score (nSPS) is 15.5. The molecule has 2 aromatic carbocycles. The van der Waals surface area contributed by atoms with E-state index in [0.29, 0.717) is 17.6 Å². The van der Waals surface area contributed by atoms with E-state index >= 15 is 0 Å². The summed E-state index contributed by atoms with van der Waals surface area (Å²) in [7, 11) is 1.66. The number of nitrogens with zero attached hydrogens (tertiary/aromatic N) is 6. The van der Waals surface area contributed by atoms with Gasteiger partial charge in [0.1, 0.15) is 23.4 Å². The van der Waals surface area contributed by atoms with Crippen LogP contribution < -0.4 is 15.0 Å². The van der Waals surface area contributed by atoms with Crippen LogP contribution in [0, 0.1) is 0 Å². The minimum absolute atomic E-state index is 0.00703. The first-order chi connectivity index (χ1) is 17.7. The summed E-state index contributed by atoms with van der Waals surface area (Å²) < 4.78 is 9.20. The monoisotopic (exact) mass is 481 g/mol. The minimum Gasteiger partial charge on any atom is -0.497 e. The van der Waals surface area contributed by atoms with Crippen LogP contribution in [0.1, 0.15) is 12.8 Å². The van der Waals surface area contributed by atoms with Crippen molar-refractivity contribution in [3.05, 3.63) is 79.3 Å². The van der Waals surface area contributed by atoms with E-state index in [4.69, 9.17) is 14.8 Å². The predicted molar refractivity (Wildman–Crippen MR) is 139 cm³/mol. The Labute approximate surface area is 208 Å². The molecule has 4 heterocycles. The molecule has 0 unspecified atom stereocenters. The van der Waals surface area contributed by atoms with Crippen molar-refractivity contribution < 1.29 is 9.84 Å². The lowest BCUT2D eigenvalue weighted by Crippen LogP contribution is -2.34. The summed E-state index contributed by atoms with van der Waals surface area (Å²) in [5, 5.41) is 18.2. The van der Waals surface area contributed by atoms with Crippen molar-refractivity contribution in [2.24, 2.45) is 0 Å². The summed E-state index contributed by atoms with van der Waals surface area (Å²) in [5.74, 6) is 2.71. The molecule has 6 rings (SSSR count). The first-order valence-corrected chi connectivity index (χ1v) is 12.0. The lowest BCUT2D eigenvalue weighted by Gasteiger charge is -2.23. The summed E-state index contributed by atoms with van der Waals surface area (Å²) in [6, 6.07) is 22.0. The number of aliphatic hydroxyl groups is 1. The Balaban J connectivity index is 1.43. The van der Waals surface area contributed by atoms with E-state index in [2.05, 4.69) is 15.2 Å². The van der Waals surface area contributed by atoms with E-state index in [9.17, 15) is 5.11 Å². The fourth-order valence-electron chi connectivity index (χ4n) is 4.72. The number of nitrogens with one attached hydrogen (secondary N) is 1. The van der Waals surface area contributed by atoms with Gasteiger partial charge in [-0.15, -0.1) is 5.10 Å². The minimum atomic E-state index is 0.00703.